The third-order valence-corrected chi connectivity index (χ3v) is 8.32. The van der Waals surface area contributed by atoms with Crippen molar-refractivity contribution >= 4 is 28.5 Å². The van der Waals surface area contributed by atoms with Gasteiger partial charge >= 0.3 is 0 Å². The highest BCUT2D eigenvalue weighted by Gasteiger charge is 2.51. The topological polar surface area (TPSA) is 75.2 Å². The van der Waals surface area contributed by atoms with Crippen molar-refractivity contribution in [3.63, 3.8) is 0 Å². The number of carbonyl (C=O) groups is 2. The van der Waals surface area contributed by atoms with E-state index in [2.05, 4.69) is 66.6 Å². The predicted molar refractivity (Wildman–Crippen MR) is 153 cm³/mol. The fraction of sp³-hybridized carbons (Fsp3) is 0.333. The van der Waals surface area contributed by atoms with Gasteiger partial charge in [-0.05, 0) is 73.2 Å². The summed E-state index contributed by atoms with van der Waals surface area (Å²) in [6, 6.07) is 18.7. The molecule has 198 valence electrons. The lowest BCUT2D eigenvalue weighted by atomic mass is 9.79. The van der Waals surface area contributed by atoms with Crippen molar-refractivity contribution in [3.05, 3.63) is 100 Å². The molecular formula is C33H34N4O2. The van der Waals surface area contributed by atoms with E-state index in [-0.39, 0.29) is 17.9 Å². The van der Waals surface area contributed by atoms with Crippen LogP contribution in [0, 0.1) is 12.3 Å². The molecule has 39 heavy (non-hydrogen) atoms. The fourth-order valence-corrected chi connectivity index (χ4v) is 6.07. The van der Waals surface area contributed by atoms with Gasteiger partial charge in [-0.15, -0.1) is 0 Å². The highest BCUT2D eigenvalue weighted by Crippen LogP contribution is 2.47. The second-order valence-electron chi connectivity index (χ2n) is 12.2. The molecule has 2 aromatic carbocycles. The van der Waals surface area contributed by atoms with E-state index in [4.69, 9.17) is 4.98 Å². The molecular weight excluding hydrogens is 484 g/mol. The number of nitrogens with one attached hydrogen (secondary N) is 1. The summed E-state index contributed by atoms with van der Waals surface area (Å²) < 4.78 is 0. The quantitative estimate of drug-likeness (QED) is 0.356. The first-order chi connectivity index (χ1) is 18.5. The fourth-order valence-electron chi connectivity index (χ4n) is 6.07. The van der Waals surface area contributed by atoms with Gasteiger partial charge in [-0.1, -0.05) is 56.7 Å². The van der Waals surface area contributed by atoms with Crippen molar-refractivity contribution in [2.24, 2.45) is 5.41 Å². The number of rotatable bonds is 4. The number of aryl methyl sites for hydroxylation is 1. The number of fused-ring (bicyclic) bond motifs is 4. The average Bonchev–Trinajstić information content (AvgIpc) is 3.41. The summed E-state index contributed by atoms with van der Waals surface area (Å²) in [5.74, 6) is 0.796. The van der Waals surface area contributed by atoms with Crippen molar-refractivity contribution in [2.75, 3.05) is 5.32 Å². The molecule has 3 heterocycles. The van der Waals surface area contributed by atoms with Gasteiger partial charge in [0.1, 0.15) is 5.82 Å². The highest BCUT2D eigenvalue weighted by molar-refractivity contribution is 6.06. The number of benzene rings is 2. The van der Waals surface area contributed by atoms with Crippen LogP contribution < -0.4 is 5.32 Å². The summed E-state index contributed by atoms with van der Waals surface area (Å²) in [6.45, 7) is 10.5. The second-order valence-corrected chi connectivity index (χ2v) is 12.2. The van der Waals surface area contributed by atoms with Crippen LogP contribution in [0.3, 0.4) is 0 Å². The molecule has 0 saturated carbocycles. The summed E-state index contributed by atoms with van der Waals surface area (Å²) >= 11 is 0. The molecule has 2 atom stereocenters. The zero-order chi connectivity index (χ0) is 27.5. The molecule has 2 aromatic heterocycles. The SMILES string of the molecule is Cc1ccc(C(C)N(Cc2cnc3cc4c(cc3c2)CC2(C4)C(=O)Nc3ncccc32)C(=O)C(C)(C)C)cc1. The van der Waals surface area contributed by atoms with Crippen LogP contribution in [0.1, 0.15) is 67.1 Å². The van der Waals surface area contributed by atoms with Gasteiger partial charge in [0.05, 0.1) is 17.0 Å². The normalized spacial score (nSPS) is 18.6. The summed E-state index contributed by atoms with van der Waals surface area (Å²) in [6.07, 6.45) is 4.89. The van der Waals surface area contributed by atoms with E-state index in [1.807, 2.05) is 44.0 Å². The first-order valence-electron chi connectivity index (χ1n) is 13.6. The summed E-state index contributed by atoms with van der Waals surface area (Å²) in [5.41, 5.74) is 6.39. The first-order valence-corrected chi connectivity index (χ1v) is 13.6. The van der Waals surface area contributed by atoms with Crippen LogP contribution in [-0.2, 0) is 34.4 Å². The van der Waals surface area contributed by atoms with Crippen LogP contribution in [-0.4, -0.2) is 26.7 Å². The Morgan fingerprint density at radius 2 is 1.77 bits per heavy atom. The molecule has 2 amide bonds. The number of pyridine rings is 2. The van der Waals surface area contributed by atoms with Crippen LogP contribution in [0.25, 0.3) is 10.9 Å². The standard InChI is InChI=1S/C33H34N4O2/c1-20-8-10-23(11-9-20)21(2)37(31(39)32(3,4)5)19-22-13-24-14-25-16-33(17-26(25)15-28(24)35-18-22)27-7-6-12-34-29(27)36-30(33)38/h6-15,18,21H,16-17,19H2,1-5H3,(H,34,36,38). The molecule has 0 fully saturated rings. The minimum absolute atomic E-state index is 0.0199. The molecule has 1 aliphatic carbocycles. The summed E-state index contributed by atoms with van der Waals surface area (Å²) in [4.78, 5) is 37.9. The number of amides is 2. The van der Waals surface area contributed by atoms with E-state index in [1.54, 1.807) is 6.20 Å². The molecule has 0 bridgehead atoms. The number of nitrogens with zero attached hydrogens (tertiary/aromatic N) is 3. The van der Waals surface area contributed by atoms with E-state index in [1.165, 1.54) is 11.1 Å². The molecule has 2 unspecified atom stereocenters. The van der Waals surface area contributed by atoms with Gasteiger partial charge < -0.3 is 10.2 Å². The Labute approximate surface area is 229 Å². The molecule has 1 spiro atoms. The van der Waals surface area contributed by atoms with E-state index in [0.717, 1.165) is 33.2 Å². The van der Waals surface area contributed by atoms with Gasteiger partial charge in [-0.2, -0.15) is 0 Å². The molecule has 1 aliphatic heterocycles. The molecule has 1 N–H and O–H groups in total. The van der Waals surface area contributed by atoms with Crippen molar-refractivity contribution < 1.29 is 9.59 Å². The van der Waals surface area contributed by atoms with Gasteiger partial charge in [0, 0.05) is 35.3 Å². The molecule has 2 aliphatic rings. The van der Waals surface area contributed by atoms with Gasteiger partial charge in [-0.25, -0.2) is 4.98 Å². The number of carbonyl (C=O) groups excluding carboxylic acids is 2. The minimum atomic E-state index is -0.606. The lowest BCUT2D eigenvalue weighted by molar-refractivity contribution is -0.142. The van der Waals surface area contributed by atoms with Gasteiger partial charge in [-0.3, -0.25) is 14.6 Å². The zero-order valence-corrected chi connectivity index (χ0v) is 23.2. The summed E-state index contributed by atoms with van der Waals surface area (Å²) in [5, 5.41) is 4.01. The molecule has 6 nitrogen and oxygen atoms in total. The lowest BCUT2D eigenvalue weighted by Crippen LogP contribution is -2.40. The third kappa shape index (κ3) is 4.28. The zero-order valence-electron chi connectivity index (χ0n) is 23.2. The van der Waals surface area contributed by atoms with Crippen LogP contribution in [0.5, 0.6) is 0 Å². The maximum atomic E-state index is 13.6. The lowest BCUT2D eigenvalue weighted by Gasteiger charge is -2.35. The largest absolute Gasteiger partial charge is 0.331 e. The smallest absolute Gasteiger partial charge is 0.237 e. The maximum absolute atomic E-state index is 13.6. The summed E-state index contributed by atoms with van der Waals surface area (Å²) in [7, 11) is 0. The van der Waals surface area contributed by atoms with Crippen molar-refractivity contribution in [1.29, 1.82) is 0 Å². The highest BCUT2D eigenvalue weighted by atomic mass is 16.2. The molecule has 0 saturated heterocycles. The molecule has 6 heteroatoms. The van der Waals surface area contributed by atoms with E-state index < -0.39 is 10.8 Å². The Morgan fingerprint density at radius 1 is 1.05 bits per heavy atom. The predicted octanol–water partition coefficient (Wildman–Crippen LogP) is 6.06. The van der Waals surface area contributed by atoms with Crippen molar-refractivity contribution in [2.45, 2.75) is 65.5 Å². The Bertz CT molecular complexity index is 1620. The van der Waals surface area contributed by atoms with Crippen LogP contribution in [0.2, 0.25) is 0 Å². The van der Waals surface area contributed by atoms with Gasteiger partial charge in [0.15, 0.2) is 0 Å². The Hall–Kier alpha value is -4.06. The van der Waals surface area contributed by atoms with E-state index >= 15 is 0 Å². The Morgan fingerprint density at radius 3 is 2.49 bits per heavy atom. The maximum Gasteiger partial charge on any atom is 0.237 e. The van der Waals surface area contributed by atoms with Crippen LogP contribution >= 0.6 is 0 Å². The number of aromatic nitrogens is 2. The van der Waals surface area contributed by atoms with Crippen LogP contribution in [0.4, 0.5) is 5.82 Å². The monoisotopic (exact) mass is 518 g/mol. The third-order valence-electron chi connectivity index (χ3n) is 8.32. The molecule has 0 radical (unpaired) electrons. The van der Waals surface area contributed by atoms with Gasteiger partial charge in [0.25, 0.3) is 0 Å². The number of hydrogen-bond donors (Lipinski definition) is 1. The van der Waals surface area contributed by atoms with E-state index in [9.17, 15) is 9.59 Å². The number of hydrogen-bond acceptors (Lipinski definition) is 4. The van der Waals surface area contributed by atoms with Crippen molar-refractivity contribution in [3.8, 4) is 0 Å². The molecule has 4 aromatic rings. The Balaban J connectivity index is 1.33. The Kier molecular flexibility index (Phi) is 5.83. The van der Waals surface area contributed by atoms with Crippen molar-refractivity contribution in [1.82, 2.24) is 14.9 Å². The minimum Gasteiger partial charge on any atom is -0.331 e. The number of anilines is 1. The second kappa shape index (κ2) is 9.01. The molecule has 6 rings (SSSR count). The van der Waals surface area contributed by atoms with Gasteiger partial charge in [0.2, 0.25) is 11.8 Å². The van der Waals surface area contributed by atoms with E-state index in [0.29, 0.717) is 25.2 Å². The average molecular weight is 519 g/mol. The first kappa shape index (κ1) is 25.2. The van der Waals surface area contributed by atoms with Crippen LogP contribution in [0.15, 0.2) is 67.0 Å².